The lowest BCUT2D eigenvalue weighted by molar-refractivity contribution is -0.143. The number of nitrogens with zero attached hydrogens (tertiary/aromatic N) is 2. The zero-order chi connectivity index (χ0) is 31.5. The summed E-state index contributed by atoms with van der Waals surface area (Å²) >= 11 is 0. The van der Waals surface area contributed by atoms with Crippen molar-refractivity contribution in [2.24, 2.45) is 5.92 Å². The third-order valence-electron chi connectivity index (χ3n) is 6.97. The summed E-state index contributed by atoms with van der Waals surface area (Å²) < 4.78 is 131. The van der Waals surface area contributed by atoms with Crippen LogP contribution in [0.5, 0.6) is 0 Å². The van der Waals surface area contributed by atoms with Crippen LogP contribution in [0.25, 0.3) is 0 Å². The number of fused-ring (bicyclic) bond motifs is 1. The van der Waals surface area contributed by atoms with Gasteiger partial charge in [-0.25, -0.2) is 4.79 Å². The van der Waals surface area contributed by atoms with Gasteiger partial charge in [0.15, 0.2) is 0 Å². The summed E-state index contributed by atoms with van der Waals surface area (Å²) in [6.45, 7) is 1.74. The zero-order valence-corrected chi connectivity index (χ0v) is 22.4. The van der Waals surface area contributed by atoms with Gasteiger partial charge in [0, 0.05) is 31.2 Å². The molecule has 2 atom stereocenters. The SMILES string of the molecule is CCC(COC=O)CN1CCC(N(Cc2cc(C(F)(F)F)cc(C(F)(F)F)c2)C(=O)OC)c2cc(C(F)(F)F)ccc21. The Morgan fingerprint density at radius 3 is 2.07 bits per heavy atom. The van der Waals surface area contributed by atoms with E-state index in [0.29, 0.717) is 18.6 Å². The van der Waals surface area contributed by atoms with Gasteiger partial charge in [0.05, 0.1) is 36.4 Å². The average molecular weight is 615 g/mol. The van der Waals surface area contributed by atoms with E-state index in [0.717, 1.165) is 24.1 Å². The average Bonchev–Trinajstić information content (AvgIpc) is 2.91. The van der Waals surface area contributed by atoms with Crippen molar-refractivity contribution < 1.29 is 58.6 Å². The van der Waals surface area contributed by atoms with Crippen molar-refractivity contribution in [2.45, 2.75) is 50.9 Å². The standard InChI is InChI=1S/C27H27F9N2O4/c1-3-16(14-42-15-39)12-37-7-6-23(21-11-18(25(28,29)30)4-5-22(21)37)38(24(40)41-2)13-17-8-19(26(31,32)33)10-20(9-17)27(34,35)36/h4-5,8-11,15-16,23H,3,6-7,12-14H2,1-2H3. The number of carbonyl (C=O) groups is 2. The molecule has 0 bridgehead atoms. The lowest BCUT2D eigenvalue weighted by Gasteiger charge is -2.41. The van der Waals surface area contributed by atoms with Crippen molar-refractivity contribution in [3.05, 3.63) is 64.2 Å². The van der Waals surface area contributed by atoms with E-state index >= 15 is 0 Å². The first-order valence-electron chi connectivity index (χ1n) is 12.6. The molecule has 1 amide bonds. The highest BCUT2D eigenvalue weighted by molar-refractivity contribution is 5.70. The minimum atomic E-state index is -5.14. The van der Waals surface area contributed by atoms with E-state index in [2.05, 4.69) is 0 Å². The molecular weight excluding hydrogens is 587 g/mol. The molecule has 2 unspecified atom stereocenters. The maximum absolute atomic E-state index is 13.7. The van der Waals surface area contributed by atoms with Gasteiger partial charge in [-0.05, 0) is 60.4 Å². The second-order valence-corrected chi connectivity index (χ2v) is 9.74. The number of hydrogen-bond donors (Lipinski definition) is 0. The van der Waals surface area contributed by atoms with Crippen LogP contribution in [0.1, 0.15) is 53.6 Å². The molecule has 3 rings (SSSR count). The Labute approximate surface area is 235 Å². The van der Waals surface area contributed by atoms with Crippen molar-refractivity contribution in [2.75, 3.05) is 31.7 Å². The molecule has 0 aromatic heterocycles. The number of hydrogen-bond acceptors (Lipinski definition) is 5. The highest BCUT2D eigenvalue weighted by atomic mass is 19.4. The second kappa shape index (κ2) is 12.7. The Morgan fingerprint density at radius 1 is 0.976 bits per heavy atom. The van der Waals surface area contributed by atoms with Crippen molar-refractivity contribution in [3.8, 4) is 0 Å². The Bertz CT molecular complexity index is 1230. The van der Waals surface area contributed by atoms with Crippen LogP contribution in [0.4, 0.5) is 50.0 Å². The molecule has 1 aliphatic rings. The topological polar surface area (TPSA) is 59.1 Å². The van der Waals surface area contributed by atoms with Crippen LogP contribution in [0.2, 0.25) is 0 Å². The van der Waals surface area contributed by atoms with Gasteiger partial charge >= 0.3 is 24.6 Å². The maximum atomic E-state index is 13.7. The fourth-order valence-corrected chi connectivity index (χ4v) is 4.87. The molecular formula is C27H27F9N2O4. The van der Waals surface area contributed by atoms with E-state index in [1.807, 2.05) is 6.92 Å². The number of rotatable bonds is 9. The number of anilines is 1. The molecule has 2 aromatic carbocycles. The molecule has 15 heteroatoms. The summed E-state index contributed by atoms with van der Waals surface area (Å²) in [6.07, 6.45) is -15.7. The number of methoxy groups -OCH3 is 1. The Morgan fingerprint density at radius 2 is 1.57 bits per heavy atom. The van der Waals surface area contributed by atoms with Gasteiger partial charge in [-0.15, -0.1) is 0 Å². The van der Waals surface area contributed by atoms with E-state index in [1.54, 1.807) is 4.90 Å². The summed E-state index contributed by atoms with van der Waals surface area (Å²) in [7, 11) is 0.934. The van der Waals surface area contributed by atoms with Crippen LogP contribution in [0, 0.1) is 5.92 Å². The van der Waals surface area contributed by atoms with Gasteiger partial charge in [-0.2, -0.15) is 39.5 Å². The van der Waals surface area contributed by atoms with Gasteiger partial charge < -0.3 is 14.4 Å². The molecule has 0 radical (unpaired) electrons. The summed E-state index contributed by atoms with van der Waals surface area (Å²) in [6, 6.07) is 2.48. The number of halogens is 9. The Hall–Kier alpha value is -3.65. The predicted molar refractivity (Wildman–Crippen MR) is 131 cm³/mol. The molecule has 0 fully saturated rings. The maximum Gasteiger partial charge on any atom is 0.416 e. The largest absolute Gasteiger partial charge is 0.468 e. The quantitative estimate of drug-likeness (QED) is 0.217. The summed E-state index contributed by atoms with van der Waals surface area (Å²) in [5, 5.41) is 0. The molecule has 1 aliphatic heterocycles. The zero-order valence-electron chi connectivity index (χ0n) is 22.4. The van der Waals surface area contributed by atoms with E-state index in [1.165, 1.54) is 6.07 Å². The normalized spacial score (nSPS) is 16.5. The van der Waals surface area contributed by atoms with Crippen LogP contribution in [0.3, 0.4) is 0 Å². The molecule has 6 nitrogen and oxygen atoms in total. The molecule has 232 valence electrons. The third-order valence-corrected chi connectivity index (χ3v) is 6.97. The predicted octanol–water partition coefficient (Wildman–Crippen LogP) is 7.46. The van der Waals surface area contributed by atoms with E-state index in [9.17, 15) is 49.1 Å². The highest BCUT2D eigenvalue weighted by Gasteiger charge is 2.40. The number of amides is 1. The van der Waals surface area contributed by atoms with E-state index in [-0.39, 0.29) is 55.8 Å². The summed E-state index contributed by atoms with van der Waals surface area (Å²) in [5.41, 5.74) is -4.55. The molecule has 42 heavy (non-hydrogen) atoms. The van der Waals surface area contributed by atoms with Crippen LogP contribution < -0.4 is 4.90 Å². The molecule has 0 saturated heterocycles. The first kappa shape index (κ1) is 32.9. The second-order valence-electron chi connectivity index (χ2n) is 9.74. The lowest BCUT2D eigenvalue weighted by atomic mass is 9.91. The third kappa shape index (κ3) is 7.79. The molecule has 1 heterocycles. The van der Waals surface area contributed by atoms with Crippen molar-refractivity contribution in [1.82, 2.24) is 4.90 Å². The molecule has 0 saturated carbocycles. The number of benzene rings is 2. The first-order chi connectivity index (χ1) is 19.5. The smallest absolute Gasteiger partial charge is 0.416 e. The number of alkyl halides is 9. The Balaban J connectivity index is 2.11. The minimum absolute atomic E-state index is 0.0179. The Kier molecular flexibility index (Phi) is 9.93. The van der Waals surface area contributed by atoms with Gasteiger partial charge in [-0.1, -0.05) is 6.92 Å². The van der Waals surface area contributed by atoms with E-state index < -0.39 is 59.5 Å². The number of ether oxygens (including phenoxy) is 2. The van der Waals surface area contributed by atoms with Crippen LogP contribution in [-0.4, -0.2) is 44.3 Å². The molecule has 0 spiro atoms. The van der Waals surface area contributed by atoms with Crippen molar-refractivity contribution in [1.29, 1.82) is 0 Å². The molecule has 0 N–H and O–H groups in total. The van der Waals surface area contributed by atoms with Gasteiger partial charge in [0.1, 0.15) is 0 Å². The van der Waals surface area contributed by atoms with Crippen molar-refractivity contribution >= 4 is 18.3 Å². The van der Waals surface area contributed by atoms with E-state index in [4.69, 9.17) is 9.47 Å². The minimum Gasteiger partial charge on any atom is -0.468 e. The summed E-state index contributed by atoms with van der Waals surface area (Å²) in [4.78, 5) is 26.1. The van der Waals surface area contributed by atoms with Crippen molar-refractivity contribution in [3.63, 3.8) is 0 Å². The van der Waals surface area contributed by atoms with Gasteiger partial charge in [-0.3, -0.25) is 9.69 Å². The van der Waals surface area contributed by atoms with Crippen LogP contribution >= 0.6 is 0 Å². The molecule has 0 aliphatic carbocycles. The van der Waals surface area contributed by atoms with Crippen LogP contribution in [-0.2, 0) is 39.3 Å². The number of carbonyl (C=O) groups excluding carboxylic acids is 2. The van der Waals surface area contributed by atoms with Crippen LogP contribution in [0.15, 0.2) is 36.4 Å². The monoisotopic (exact) mass is 614 g/mol. The fraction of sp³-hybridized carbons (Fsp3) is 0.481. The van der Waals surface area contributed by atoms with Gasteiger partial charge in [0.25, 0.3) is 6.47 Å². The summed E-state index contributed by atoms with van der Waals surface area (Å²) in [5.74, 6) is -0.204. The lowest BCUT2D eigenvalue weighted by Crippen LogP contribution is -2.42. The fourth-order valence-electron chi connectivity index (χ4n) is 4.87. The highest BCUT2D eigenvalue weighted by Crippen LogP contribution is 2.43. The first-order valence-corrected chi connectivity index (χ1v) is 12.6. The molecule has 2 aromatic rings. The van der Waals surface area contributed by atoms with Gasteiger partial charge in [0.2, 0.25) is 0 Å².